The van der Waals surface area contributed by atoms with Gasteiger partial charge < -0.3 is 4.74 Å². The highest BCUT2D eigenvalue weighted by molar-refractivity contribution is 6.37. The lowest BCUT2D eigenvalue weighted by Gasteiger charge is -2.19. The molecule has 1 aromatic heterocycles. The van der Waals surface area contributed by atoms with Gasteiger partial charge in [0.05, 0.1) is 39.3 Å². The van der Waals surface area contributed by atoms with Crippen LogP contribution in [0.4, 0.5) is 5.69 Å². The van der Waals surface area contributed by atoms with Gasteiger partial charge in [0.2, 0.25) is 17.6 Å². The quantitative estimate of drug-likeness (QED) is 0.138. The highest BCUT2D eigenvalue weighted by Crippen LogP contribution is 2.56. The maximum absolute atomic E-state index is 13.4. The van der Waals surface area contributed by atoms with Crippen molar-refractivity contribution in [3.63, 3.8) is 0 Å². The molecular weight excluding hydrogens is 575 g/mol. The van der Waals surface area contributed by atoms with E-state index in [0.717, 1.165) is 19.3 Å². The fourth-order valence-corrected chi connectivity index (χ4v) is 7.48. The Morgan fingerprint density at radius 2 is 1.60 bits per heavy atom. The summed E-state index contributed by atoms with van der Waals surface area (Å²) < 4.78 is 5.42. The number of benzene rings is 3. The van der Waals surface area contributed by atoms with Gasteiger partial charge in [-0.3, -0.25) is 19.3 Å². The molecule has 2 heterocycles. The Hall–Kier alpha value is -4.07. The summed E-state index contributed by atoms with van der Waals surface area (Å²) in [5.74, 6) is -1.24. The Kier molecular flexibility index (Phi) is 6.59. The number of Topliss-reactive ketones (excluding diaryl/α,β-unsaturated/α-hetero) is 1. The Bertz CT molecular complexity index is 1790. The van der Waals surface area contributed by atoms with Crippen molar-refractivity contribution in [3.05, 3.63) is 94.0 Å². The number of amides is 2. The number of aromatic nitrogens is 1. The highest BCUT2D eigenvalue weighted by atomic mass is 35.5. The number of carbonyl (C=O) groups excluding carboxylic acids is 4. The lowest BCUT2D eigenvalue weighted by Crippen LogP contribution is -2.32. The van der Waals surface area contributed by atoms with Gasteiger partial charge in [0.1, 0.15) is 0 Å². The molecular formula is C33H24Cl2N2O5. The number of ketones is 1. The summed E-state index contributed by atoms with van der Waals surface area (Å²) >= 11 is 12.1. The minimum atomic E-state index is -0.697. The Morgan fingerprint density at radius 1 is 0.857 bits per heavy atom. The van der Waals surface area contributed by atoms with Gasteiger partial charge in [0.15, 0.2) is 6.61 Å². The number of para-hydroxylation sites is 1. The zero-order valence-corrected chi connectivity index (χ0v) is 23.8. The molecule has 42 heavy (non-hydrogen) atoms. The van der Waals surface area contributed by atoms with Crippen LogP contribution in [-0.2, 0) is 14.3 Å². The summed E-state index contributed by atoms with van der Waals surface area (Å²) in [5.41, 5.74) is 2.59. The number of rotatable bonds is 6. The third-order valence-corrected chi connectivity index (χ3v) is 9.38. The summed E-state index contributed by atoms with van der Waals surface area (Å²) in [4.78, 5) is 58.9. The van der Waals surface area contributed by atoms with Crippen molar-refractivity contribution >= 4 is 63.4 Å². The first-order chi connectivity index (χ1) is 20.3. The van der Waals surface area contributed by atoms with Crippen LogP contribution in [0.2, 0.25) is 10.0 Å². The molecule has 2 saturated carbocycles. The smallest absolute Gasteiger partial charge is 0.339 e. The number of ether oxygens (including phenoxy) is 1. The van der Waals surface area contributed by atoms with E-state index in [1.165, 1.54) is 17.0 Å². The molecule has 2 bridgehead atoms. The molecule has 7 rings (SSSR count). The molecule has 0 spiro atoms. The standard InChI is InChI=1S/C33H24Cl2N2O5/c34-20-10-11-23(25(35)14-20)28(38)16-42-33(41)24-15-27(36-26-7-2-1-6-22(24)26)17-4-3-5-21(13-17)37-31(39)29-18-8-9-19(12-18)30(29)32(37)40/h1-7,10-11,13-15,18-19,29-30H,8-9,12,16H2/t18-,19-,29+,30+/m0/s1. The van der Waals surface area contributed by atoms with Gasteiger partial charge >= 0.3 is 5.97 Å². The summed E-state index contributed by atoms with van der Waals surface area (Å²) in [7, 11) is 0. The molecule has 4 aromatic rings. The fourth-order valence-electron chi connectivity index (χ4n) is 6.96. The number of imide groups is 1. The predicted octanol–water partition coefficient (Wildman–Crippen LogP) is 6.78. The molecule has 1 saturated heterocycles. The van der Waals surface area contributed by atoms with Crippen molar-refractivity contribution in [2.24, 2.45) is 23.7 Å². The lowest BCUT2D eigenvalue weighted by molar-refractivity contribution is -0.123. The van der Waals surface area contributed by atoms with Crippen LogP contribution in [0.1, 0.15) is 40.0 Å². The number of hydrogen-bond donors (Lipinski definition) is 0. The number of nitrogens with zero attached hydrogens (tertiary/aromatic N) is 2. The zero-order valence-electron chi connectivity index (χ0n) is 22.3. The van der Waals surface area contributed by atoms with Crippen LogP contribution < -0.4 is 4.90 Å². The molecule has 0 unspecified atom stereocenters. The van der Waals surface area contributed by atoms with E-state index in [-0.39, 0.29) is 39.8 Å². The molecule has 2 aliphatic carbocycles. The second kappa shape index (κ2) is 10.3. The van der Waals surface area contributed by atoms with Crippen molar-refractivity contribution < 1.29 is 23.9 Å². The van der Waals surface area contributed by atoms with Crippen LogP contribution in [0.15, 0.2) is 72.8 Å². The molecule has 9 heteroatoms. The van der Waals surface area contributed by atoms with Crippen molar-refractivity contribution in [2.45, 2.75) is 19.3 Å². The first-order valence-electron chi connectivity index (χ1n) is 13.8. The van der Waals surface area contributed by atoms with E-state index in [4.69, 9.17) is 32.9 Å². The van der Waals surface area contributed by atoms with Gasteiger partial charge in [-0.25, -0.2) is 9.78 Å². The van der Waals surface area contributed by atoms with Crippen LogP contribution in [0.3, 0.4) is 0 Å². The number of halogens is 2. The summed E-state index contributed by atoms with van der Waals surface area (Å²) in [6.07, 6.45) is 2.99. The number of pyridine rings is 1. The minimum absolute atomic E-state index is 0.115. The average molecular weight is 599 g/mol. The SMILES string of the molecule is O=C(COC(=O)c1cc(-c2cccc(N3C(=O)[C@@H]4[C@H]5CC[C@@H](C5)[C@H]4C3=O)c2)nc2ccccc12)c1ccc(Cl)cc1Cl. The molecule has 210 valence electrons. The molecule has 0 radical (unpaired) electrons. The number of esters is 1. The van der Waals surface area contributed by atoms with E-state index in [0.29, 0.717) is 44.7 Å². The summed E-state index contributed by atoms with van der Waals surface area (Å²) in [6.45, 7) is -0.509. The van der Waals surface area contributed by atoms with Gasteiger partial charge in [-0.1, -0.05) is 53.5 Å². The van der Waals surface area contributed by atoms with E-state index in [9.17, 15) is 19.2 Å². The van der Waals surface area contributed by atoms with Crippen molar-refractivity contribution in [2.75, 3.05) is 11.5 Å². The first kappa shape index (κ1) is 26.8. The summed E-state index contributed by atoms with van der Waals surface area (Å²) in [6, 6.07) is 20.3. The predicted molar refractivity (Wildman–Crippen MR) is 159 cm³/mol. The maximum Gasteiger partial charge on any atom is 0.339 e. The van der Waals surface area contributed by atoms with Crippen molar-refractivity contribution in [3.8, 4) is 11.3 Å². The van der Waals surface area contributed by atoms with Gasteiger partial charge in [-0.05, 0) is 73.6 Å². The zero-order chi connectivity index (χ0) is 29.1. The summed E-state index contributed by atoms with van der Waals surface area (Å²) in [5, 5.41) is 1.13. The monoisotopic (exact) mass is 598 g/mol. The third-order valence-electron chi connectivity index (χ3n) is 8.83. The molecule has 2 amide bonds. The van der Waals surface area contributed by atoms with E-state index >= 15 is 0 Å². The maximum atomic E-state index is 13.4. The van der Waals surface area contributed by atoms with Crippen LogP contribution in [0.5, 0.6) is 0 Å². The van der Waals surface area contributed by atoms with Gasteiger partial charge in [0.25, 0.3) is 0 Å². The van der Waals surface area contributed by atoms with Crippen LogP contribution in [-0.4, -0.2) is 35.2 Å². The van der Waals surface area contributed by atoms with Crippen LogP contribution in [0.25, 0.3) is 22.2 Å². The Labute approximate surface area is 251 Å². The number of fused-ring (bicyclic) bond motifs is 6. The molecule has 1 aliphatic heterocycles. The Morgan fingerprint density at radius 3 is 2.33 bits per heavy atom. The molecule has 3 aromatic carbocycles. The van der Waals surface area contributed by atoms with Crippen molar-refractivity contribution in [1.29, 1.82) is 0 Å². The second-order valence-corrected chi connectivity index (χ2v) is 12.0. The molecule has 0 N–H and O–H groups in total. The average Bonchev–Trinajstić information content (AvgIpc) is 3.68. The van der Waals surface area contributed by atoms with Gasteiger partial charge in [-0.2, -0.15) is 0 Å². The third kappa shape index (κ3) is 4.39. The van der Waals surface area contributed by atoms with E-state index < -0.39 is 18.4 Å². The second-order valence-electron chi connectivity index (χ2n) is 11.1. The highest BCUT2D eigenvalue weighted by Gasteiger charge is 2.61. The van der Waals surface area contributed by atoms with Crippen molar-refractivity contribution in [1.82, 2.24) is 4.98 Å². The topological polar surface area (TPSA) is 93.6 Å². The van der Waals surface area contributed by atoms with E-state index in [2.05, 4.69) is 0 Å². The molecule has 4 atom stereocenters. The molecule has 7 nitrogen and oxygen atoms in total. The molecule has 3 fully saturated rings. The normalized spacial score (nSPS) is 22.6. The van der Waals surface area contributed by atoms with E-state index in [1.54, 1.807) is 48.5 Å². The van der Waals surface area contributed by atoms with Gasteiger partial charge in [-0.15, -0.1) is 0 Å². The minimum Gasteiger partial charge on any atom is -0.454 e. The Balaban J connectivity index is 1.19. The first-order valence-corrected chi connectivity index (χ1v) is 14.6. The molecule has 3 aliphatic rings. The number of carbonyl (C=O) groups is 4. The number of hydrogen-bond acceptors (Lipinski definition) is 6. The van der Waals surface area contributed by atoms with Crippen LogP contribution >= 0.6 is 23.2 Å². The fraction of sp³-hybridized carbons (Fsp3) is 0.242. The van der Waals surface area contributed by atoms with Crippen LogP contribution in [0, 0.1) is 23.7 Å². The number of anilines is 1. The lowest BCUT2D eigenvalue weighted by atomic mass is 9.81. The largest absolute Gasteiger partial charge is 0.454 e. The van der Waals surface area contributed by atoms with E-state index in [1.807, 2.05) is 12.1 Å². The van der Waals surface area contributed by atoms with Gasteiger partial charge in [0, 0.05) is 21.5 Å².